The lowest BCUT2D eigenvalue weighted by atomic mass is 9.81. The largest absolute Gasteiger partial charge is 0.497 e. The van der Waals surface area contributed by atoms with Gasteiger partial charge in [-0.05, 0) is 61.3 Å². The summed E-state index contributed by atoms with van der Waals surface area (Å²) in [5.74, 6) is 3.44. The molecule has 1 amide bonds. The number of hydrogen-bond donors (Lipinski definition) is 1. The number of aromatic nitrogens is 3. The normalized spacial score (nSPS) is 18.7. The second-order valence-electron chi connectivity index (χ2n) is 7.95. The van der Waals surface area contributed by atoms with Gasteiger partial charge in [-0.2, -0.15) is 0 Å². The summed E-state index contributed by atoms with van der Waals surface area (Å²) in [4.78, 5) is 12.5. The van der Waals surface area contributed by atoms with Crippen LogP contribution in [0.5, 0.6) is 5.75 Å². The second-order valence-corrected chi connectivity index (χ2v) is 7.95. The number of methoxy groups -OCH3 is 1. The molecular weight excluding hydrogens is 352 g/mol. The van der Waals surface area contributed by atoms with E-state index in [0.717, 1.165) is 56.0 Å². The van der Waals surface area contributed by atoms with Crippen molar-refractivity contribution in [2.24, 2.45) is 0 Å². The van der Waals surface area contributed by atoms with Crippen LogP contribution in [-0.2, 0) is 30.6 Å². The Bertz CT molecular complexity index is 830. The molecule has 1 N–H and O–H groups in total. The Hall–Kier alpha value is -2.37. The van der Waals surface area contributed by atoms with Crippen molar-refractivity contribution in [3.8, 4) is 5.75 Å². The van der Waals surface area contributed by atoms with Gasteiger partial charge < -0.3 is 14.6 Å². The van der Waals surface area contributed by atoms with E-state index in [1.54, 1.807) is 7.11 Å². The van der Waals surface area contributed by atoms with Crippen LogP contribution in [-0.4, -0.2) is 34.3 Å². The van der Waals surface area contributed by atoms with Crippen molar-refractivity contribution in [3.63, 3.8) is 0 Å². The fraction of sp³-hybridized carbons (Fsp3) is 0.591. The van der Waals surface area contributed by atoms with Gasteiger partial charge in [-0.3, -0.25) is 4.79 Å². The molecule has 0 saturated heterocycles. The molecular formula is C22H30N4O2. The Morgan fingerprint density at radius 2 is 2.14 bits per heavy atom. The number of amides is 1. The van der Waals surface area contributed by atoms with E-state index in [0.29, 0.717) is 18.9 Å². The van der Waals surface area contributed by atoms with Crippen molar-refractivity contribution < 1.29 is 9.53 Å². The molecule has 0 saturated carbocycles. The summed E-state index contributed by atoms with van der Waals surface area (Å²) in [6, 6.07) is 6.26. The van der Waals surface area contributed by atoms with E-state index in [1.807, 2.05) is 6.07 Å². The second kappa shape index (κ2) is 8.76. The minimum atomic E-state index is 0.129. The molecule has 28 heavy (non-hydrogen) atoms. The molecule has 1 aliphatic carbocycles. The standard InChI is InChI=1S/C22H30N4O2/c1-28-18-9-10-19-16(14-18)6-5-7-17(19)15-22(27)23-12-11-21-25-24-20-8-3-2-4-13-26(20)21/h9-10,14,17H,2-8,11-13,15H2,1H3,(H,23,27). The molecule has 0 fully saturated rings. The molecule has 1 aromatic heterocycles. The van der Waals surface area contributed by atoms with Crippen LogP contribution in [0.4, 0.5) is 0 Å². The Kier molecular flexibility index (Phi) is 5.93. The van der Waals surface area contributed by atoms with Gasteiger partial charge in [-0.15, -0.1) is 10.2 Å². The highest BCUT2D eigenvalue weighted by Gasteiger charge is 2.23. The predicted molar refractivity (Wildman–Crippen MR) is 108 cm³/mol. The third-order valence-corrected chi connectivity index (χ3v) is 6.08. The van der Waals surface area contributed by atoms with E-state index in [9.17, 15) is 4.79 Å². The van der Waals surface area contributed by atoms with Gasteiger partial charge in [0.1, 0.15) is 17.4 Å². The third-order valence-electron chi connectivity index (χ3n) is 6.08. The van der Waals surface area contributed by atoms with Crippen molar-refractivity contribution in [1.29, 1.82) is 0 Å². The Balaban J connectivity index is 1.31. The predicted octanol–water partition coefficient (Wildman–Crippen LogP) is 3.18. The lowest BCUT2D eigenvalue weighted by Gasteiger charge is -2.25. The fourth-order valence-electron chi connectivity index (χ4n) is 4.57. The molecule has 0 radical (unpaired) electrons. The molecule has 6 nitrogen and oxygen atoms in total. The topological polar surface area (TPSA) is 69.0 Å². The van der Waals surface area contributed by atoms with Crippen molar-refractivity contribution in [1.82, 2.24) is 20.1 Å². The molecule has 0 bridgehead atoms. The van der Waals surface area contributed by atoms with Gasteiger partial charge in [-0.25, -0.2) is 0 Å². The maximum atomic E-state index is 12.5. The summed E-state index contributed by atoms with van der Waals surface area (Å²) < 4.78 is 7.59. The van der Waals surface area contributed by atoms with Crippen LogP contribution in [0.15, 0.2) is 18.2 Å². The summed E-state index contributed by atoms with van der Waals surface area (Å²) in [7, 11) is 1.70. The van der Waals surface area contributed by atoms with Crippen LogP contribution < -0.4 is 10.1 Å². The van der Waals surface area contributed by atoms with E-state index >= 15 is 0 Å². The maximum absolute atomic E-state index is 12.5. The summed E-state index contributed by atoms with van der Waals surface area (Å²) in [5.41, 5.74) is 2.64. The van der Waals surface area contributed by atoms with Gasteiger partial charge in [0.25, 0.3) is 0 Å². The smallest absolute Gasteiger partial charge is 0.220 e. The number of carbonyl (C=O) groups is 1. The Morgan fingerprint density at radius 3 is 3.04 bits per heavy atom. The van der Waals surface area contributed by atoms with E-state index in [1.165, 1.54) is 30.4 Å². The number of nitrogens with zero attached hydrogens (tertiary/aromatic N) is 3. The molecule has 2 aliphatic rings. The first kappa shape index (κ1) is 19.0. The Labute approximate surface area is 166 Å². The first-order chi connectivity index (χ1) is 13.7. The molecule has 0 spiro atoms. The summed E-state index contributed by atoms with van der Waals surface area (Å²) >= 11 is 0. The number of carbonyl (C=O) groups excluding carboxylic acids is 1. The fourth-order valence-corrected chi connectivity index (χ4v) is 4.57. The third kappa shape index (κ3) is 4.21. The quantitative estimate of drug-likeness (QED) is 0.833. The van der Waals surface area contributed by atoms with Crippen LogP contribution in [0.1, 0.15) is 67.2 Å². The monoisotopic (exact) mass is 382 g/mol. The van der Waals surface area contributed by atoms with Gasteiger partial charge in [0.05, 0.1) is 7.11 Å². The minimum Gasteiger partial charge on any atom is -0.497 e. The number of rotatable bonds is 6. The summed E-state index contributed by atoms with van der Waals surface area (Å²) in [5, 5.41) is 11.8. The number of benzene rings is 1. The molecule has 2 heterocycles. The minimum absolute atomic E-state index is 0.129. The lowest BCUT2D eigenvalue weighted by Crippen LogP contribution is -2.28. The number of aryl methyl sites for hydroxylation is 2. The SMILES string of the molecule is COc1ccc2c(c1)CCCC2CC(=O)NCCc1nnc2n1CCCCC2. The zero-order valence-corrected chi connectivity index (χ0v) is 16.7. The molecule has 1 atom stereocenters. The number of hydrogen-bond acceptors (Lipinski definition) is 4. The molecule has 6 heteroatoms. The van der Waals surface area contributed by atoms with Crippen molar-refractivity contribution in [3.05, 3.63) is 41.0 Å². The first-order valence-electron chi connectivity index (χ1n) is 10.6. The van der Waals surface area contributed by atoms with Gasteiger partial charge in [0.2, 0.25) is 5.91 Å². The molecule has 1 unspecified atom stereocenters. The van der Waals surface area contributed by atoms with Crippen molar-refractivity contribution in [2.45, 2.75) is 70.3 Å². The van der Waals surface area contributed by atoms with Crippen LogP contribution in [0.3, 0.4) is 0 Å². The summed E-state index contributed by atoms with van der Waals surface area (Å²) in [6.07, 6.45) is 9.24. The van der Waals surface area contributed by atoms with Gasteiger partial charge in [-0.1, -0.05) is 12.5 Å². The molecule has 1 aromatic carbocycles. The van der Waals surface area contributed by atoms with E-state index in [4.69, 9.17) is 4.74 Å². The highest BCUT2D eigenvalue weighted by Crippen LogP contribution is 2.35. The number of nitrogens with one attached hydrogen (secondary N) is 1. The van der Waals surface area contributed by atoms with Crippen LogP contribution >= 0.6 is 0 Å². The number of ether oxygens (including phenoxy) is 1. The molecule has 1 aliphatic heterocycles. The number of fused-ring (bicyclic) bond motifs is 2. The average molecular weight is 383 g/mol. The van der Waals surface area contributed by atoms with E-state index < -0.39 is 0 Å². The van der Waals surface area contributed by atoms with E-state index in [2.05, 4.69) is 32.2 Å². The zero-order valence-electron chi connectivity index (χ0n) is 16.7. The van der Waals surface area contributed by atoms with Crippen LogP contribution in [0.2, 0.25) is 0 Å². The van der Waals surface area contributed by atoms with Gasteiger partial charge in [0.15, 0.2) is 0 Å². The zero-order chi connectivity index (χ0) is 19.3. The molecule has 150 valence electrons. The van der Waals surface area contributed by atoms with Crippen LogP contribution in [0.25, 0.3) is 0 Å². The first-order valence-corrected chi connectivity index (χ1v) is 10.6. The van der Waals surface area contributed by atoms with Crippen molar-refractivity contribution in [2.75, 3.05) is 13.7 Å². The lowest BCUT2D eigenvalue weighted by molar-refractivity contribution is -0.121. The molecule has 2 aromatic rings. The average Bonchev–Trinajstić information content (AvgIpc) is 2.94. The Morgan fingerprint density at radius 1 is 1.21 bits per heavy atom. The van der Waals surface area contributed by atoms with E-state index in [-0.39, 0.29) is 5.91 Å². The van der Waals surface area contributed by atoms with Crippen LogP contribution in [0, 0.1) is 0 Å². The highest BCUT2D eigenvalue weighted by atomic mass is 16.5. The molecule has 4 rings (SSSR count). The highest BCUT2D eigenvalue weighted by molar-refractivity contribution is 5.77. The van der Waals surface area contributed by atoms with Crippen molar-refractivity contribution >= 4 is 5.91 Å². The van der Waals surface area contributed by atoms with Gasteiger partial charge >= 0.3 is 0 Å². The summed E-state index contributed by atoms with van der Waals surface area (Å²) in [6.45, 7) is 1.63. The van der Waals surface area contributed by atoms with Gasteiger partial charge in [0, 0.05) is 32.4 Å². The maximum Gasteiger partial charge on any atom is 0.220 e.